The zero-order valence-corrected chi connectivity index (χ0v) is 12.7. The molecule has 0 bridgehead atoms. The third-order valence-corrected chi connectivity index (χ3v) is 4.70. The Morgan fingerprint density at radius 3 is 2.21 bits per heavy atom. The first-order chi connectivity index (χ1) is 8.66. The maximum atomic E-state index is 12.1. The first-order valence-corrected chi connectivity index (χ1v) is 7.92. The number of hydrogen-bond donors (Lipinski definition) is 1. The van der Waals surface area contributed by atoms with Crippen LogP contribution in [0.3, 0.4) is 0 Å². The van der Waals surface area contributed by atoms with Gasteiger partial charge >= 0.3 is 0 Å². The van der Waals surface area contributed by atoms with Crippen molar-refractivity contribution in [3.8, 4) is 0 Å². The Bertz CT molecular complexity index is 545. The molecule has 1 amide bonds. The van der Waals surface area contributed by atoms with Crippen LogP contribution in [0.1, 0.15) is 32.8 Å². The van der Waals surface area contributed by atoms with Crippen LogP contribution < -0.4 is 5.32 Å². The molecule has 0 fully saturated rings. The summed E-state index contributed by atoms with van der Waals surface area (Å²) in [7, 11) is -3.57. The molecule has 0 unspecified atom stereocenters. The van der Waals surface area contributed by atoms with Gasteiger partial charge in [0.25, 0.3) is 0 Å². The van der Waals surface area contributed by atoms with Gasteiger partial charge in [-0.1, -0.05) is 24.6 Å². The van der Waals surface area contributed by atoms with Crippen LogP contribution in [0.5, 0.6) is 0 Å². The lowest BCUT2D eigenvalue weighted by atomic mass is 10.0. The first kappa shape index (κ1) is 15.7. The van der Waals surface area contributed by atoms with Crippen LogP contribution >= 0.6 is 0 Å². The standard InChI is InChI=1S/C14H21NO3S/c1-5-14(3,4)15-13(16)10-19(17,18)12-8-6-11(2)7-9-12/h6-9H,5,10H2,1-4H3,(H,15,16). The molecule has 0 radical (unpaired) electrons. The van der Waals surface area contributed by atoms with Gasteiger partial charge in [-0.2, -0.15) is 0 Å². The molecule has 0 saturated heterocycles. The van der Waals surface area contributed by atoms with Crippen LogP contribution in [0.25, 0.3) is 0 Å². The van der Waals surface area contributed by atoms with E-state index in [2.05, 4.69) is 5.32 Å². The fourth-order valence-electron chi connectivity index (χ4n) is 1.50. The van der Waals surface area contributed by atoms with E-state index in [1.54, 1.807) is 12.1 Å². The van der Waals surface area contributed by atoms with E-state index in [0.717, 1.165) is 12.0 Å². The quantitative estimate of drug-likeness (QED) is 0.900. The van der Waals surface area contributed by atoms with Gasteiger partial charge in [0.05, 0.1) is 4.90 Å². The number of nitrogens with one attached hydrogen (secondary N) is 1. The maximum absolute atomic E-state index is 12.1. The van der Waals surface area contributed by atoms with Crippen molar-refractivity contribution in [2.24, 2.45) is 0 Å². The molecule has 0 aliphatic carbocycles. The Morgan fingerprint density at radius 1 is 1.21 bits per heavy atom. The Kier molecular flexibility index (Phi) is 4.74. The predicted octanol–water partition coefficient (Wildman–Crippen LogP) is 2.07. The molecule has 1 aromatic rings. The average Bonchev–Trinajstić information content (AvgIpc) is 2.28. The van der Waals surface area contributed by atoms with Gasteiger partial charge in [-0.3, -0.25) is 4.79 Å². The monoisotopic (exact) mass is 283 g/mol. The largest absolute Gasteiger partial charge is 0.350 e. The van der Waals surface area contributed by atoms with Gasteiger partial charge in [0.2, 0.25) is 5.91 Å². The summed E-state index contributed by atoms with van der Waals surface area (Å²) >= 11 is 0. The highest BCUT2D eigenvalue weighted by Gasteiger charge is 2.23. The van der Waals surface area contributed by atoms with Crippen molar-refractivity contribution in [1.82, 2.24) is 5.32 Å². The zero-order chi connectivity index (χ0) is 14.7. The summed E-state index contributed by atoms with van der Waals surface area (Å²) in [5.41, 5.74) is 0.593. The molecule has 0 aliphatic rings. The second-order valence-electron chi connectivity index (χ2n) is 5.36. The van der Waals surface area contributed by atoms with Crippen LogP contribution in [0.15, 0.2) is 29.2 Å². The van der Waals surface area contributed by atoms with Crippen molar-refractivity contribution in [2.45, 2.75) is 44.6 Å². The smallest absolute Gasteiger partial charge is 0.235 e. The van der Waals surface area contributed by atoms with Gasteiger partial charge in [0.15, 0.2) is 9.84 Å². The molecule has 0 heterocycles. The molecule has 0 saturated carbocycles. The summed E-state index contributed by atoms with van der Waals surface area (Å²) in [6.07, 6.45) is 0.739. The van der Waals surface area contributed by atoms with Crippen LogP contribution in [0.4, 0.5) is 0 Å². The van der Waals surface area contributed by atoms with Crippen molar-refractivity contribution in [3.05, 3.63) is 29.8 Å². The molecule has 1 aromatic carbocycles. The number of hydrogen-bond acceptors (Lipinski definition) is 3. The summed E-state index contributed by atoms with van der Waals surface area (Å²) < 4.78 is 24.1. The van der Waals surface area contributed by atoms with Gasteiger partial charge in [0.1, 0.15) is 5.75 Å². The normalized spacial score (nSPS) is 12.2. The summed E-state index contributed by atoms with van der Waals surface area (Å²) in [5, 5.41) is 2.73. The molecule has 4 nitrogen and oxygen atoms in total. The molecule has 19 heavy (non-hydrogen) atoms. The van der Waals surface area contributed by atoms with E-state index in [0.29, 0.717) is 0 Å². The minimum atomic E-state index is -3.57. The highest BCUT2D eigenvalue weighted by atomic mass is 32.2. The lowest BCUT2D eigenvalue weighted by molar-refractivity contribution is -0.120. The number of carbonyl (C=O) groups excluding carboxylic acids is 1. The SMILES string of the molecule is CCC(C)(C)NC(=O)CS(=O)(=O)c1ccc(C)cc1. The van der Waals surface area contributed by atoms with E-state index in [1.807, 2.05) is 27.7 Å². The Labute approximate surface area is 115 Å². The van der Waals surface area contributed by atoms with E-state index in [9.17, 15) is 13.2 Å². The van der Waals surface area contributed by atoms with Crippen LogP contribution in [-0.2, 0) is 14.6 Å². The van der Waals surface area contributed by atoms with E-state index >= 15 is 0 Å². The summed E-state index contributed by atoms with van der Waals surface area (Å²) in [5.74, 6) is -0.980. The van der Waals surface area contributed by atoms with Crippen molar-refractivity contribution in [3.63, 3.8) is 0 Å². The Morgan fingerprint density at radius 2 is 1.74 bits per heavy atom. The summed E-state index contributed by atoms with van der Waals surface area (Å²) in [4.78, 5) is 12.0. The van der Waals surface area contributed by atoms with Crippen LogP contribution in [0, 0.1) is 6.92 Å². The number of rotatable bonds is 5. The highest BCUT2D eigenvalue weighted by molar-refractivity contribution is 7.92. The molecule has 1 N–H and O–H groups in total. The fourth-order valence-corrected chi connectivity index (χ4v) is 2.64. The Balaban J connectivity index is 2.81. The Hall–Kier alpha value is -1.36. The minimum Gasteiger partial charge on any atom is -0.350 e. The van der Waals surface area contributed by atoms with Crippen molar-refractivity contribution in [2.75, 3.05) is 5.75 Å². The predicted molar refractivity (Wildman–Crippen MR) is 75.7 cm³/mol. The molecule has 0 atom stereocenters. The van der Waals surface area contributed by atoms with Gasteiger partial charge in [-0.25, -0.2) is 8.42 Å². The highest BCUT2D eigenvalue weighted by Crippen LogP contribution is 2.13. The molecular formula is C14H21NO3S. The van der Waals surface area contributed by atoms with Gasteiger partial charge in [-0.05, 0) is 39.3 Å². The van der Waals surface area contributed by atoms with Gasteiger partial charge in [0, 0.05) is 5.54 Å². The second kappa shape index (κ2) is 5.74. The maximum Gasteiger partial charge on any atom is 0.235 e. The number of carbonyl (C=O) groups is 1. The number of amides is 1. The third-order valence-electron chi connectivity index (χ3n) is 3.06. The van der Waals surface area contributed by atoms with Crippen molar-refractivity contribution < 1.29 is 13.2 Å². The van der Waals surface area contributed by atoms with Gasteiger partial charge in [-0.15, -0.1) is 0 Å². The van der Waals surface area contributed by atoms with E-state index in [1.165, 1.54) is 12.1 Å². The molecule has 5 heteroatoms. The summed E-state index contributed by atoms with van der Waals surface area (Å²) in [6, 6.07) is 6.51. The number of sulfone groups is 1. The molecule has 1 rings (SSSR count). The average molecular weight is 283 g/mol. The third kappa shape index (κ3) is 4.67. The number of benzene rings is 1. The van der Waals surface area contributed by atoms with E-state index < -0.39 is 21.5 Å². The van der Waals surface area contributed by atoms with Crippen LogP contribution in [0.2, 0.25) is 0 Å². The molecule has 0 spiro atoms. The molecule has 106 valence electrons. The minimum absolute atomic E-state index is 0.183. The lowest BCUT2D eigenvalue weighted by Gasteiger charge is -2.24. The van der Waals surface area contributed by atoms with Crippen molar-refractivity contribution >= 4 is 15.7 Å². The molecular weight excluding hydrogens is 262 g/mol. The van der Waals surface area contributed by atoms with E-state index in [4.69, 9.17) is 0 Å². The van der Waals surface area contributed by atoms with Crippen molar-refractivity contribution in [1.29, 1.82) is 0 Å². The van der Waals surface area contributed by atoms with E-state index in [-0.39, 0.29) is 10.4 Å². The topological polar surface area (TPSA) is 63.2 Å². The fraction of sp³-hybridized carbons (Fsp3) is 0.500. The summed E-state index contributed by atoms with van der Waals surface area (Å²) in [6.45, 7) is 7.55. The van der Waals surface area contributed by atoms with Gasteiger partial charge < -0.3 is 5.32 Å². The first-order valence-electron chi connectivity index (χ1n) is 6.27. The molecule has 0 aliphatic heterocycles. The lowest BCUT2D eigenvalue weighted by Crippen LogP contribution is -2.45. The zero-order valence-electron chi connectivity index (χ0n) is 11.9. The molecule has 0 aromatic heterocycles. The number of aryl methyl sites for hydroxylation is 1. The van der Waals surface area contributed by atoms with Crippen LogP contribution in [-0.4, -0.2) is 25.6 Å². The second-order valence-corrected chi connectivity index (χ2v) is 7.35.